The third-order valence-corrected chi connectivity index (χ3v) is 4.37. The fourth-order valence-corrected chi connectivity index (χ4v) is 2.86. The second kappa shape index (κ2) is 10.1. The largest absolute Gasteiger partial charge is 0.497 e. The van der Waals surface area contributed by atoms with Gasteiger partial charge in [-0.15, -0.1) is 0 Å². The van der Waals surface area contributed by atoms with Crippen molar-refractivity contribution in [3.05, 3.63) is 93.9 Å². The molecule has 1 heterocycles. The minimum Gasteiger partial charge on any atom is -0.497 e. The standard InChI is InChI=1S/C23H23N3O4/c1-3-30-21-9-5-4-7-18(21)15-24-25-22(27)20-8-6-14-26(23(20)28)16-17-10-12-19(29-2)13-11-17/h4-15H,3,16H2,1-2H3,(H,25,27)/b24-15-. The van der Waals surface area contributed by atoms with Crippen LogP contribution in [0.1, 0.15) is 28.4 Å². The molecule has 0 fully saturated rings. The van der Waals surface area contributed by atoms with Gasteiger partial charge in [-0.3, -0.25) is 9.59 Å². The van der Waals surface area contributed by atoms with Crippen LogP contribution in [0, 0.1) is 0 Å². The Balaban J connectivity index is 1.72. The Morgan fingerprint density at radius 3 is 2.60 bits per heavy atom. The number of carbonyl (C=O) groups excluding carboxylic acids is 1. The van der Waals surface area contributed by atoms with E-state index in [9.17, 15) is 9.59 Å². The molecule has 7 nitrogen and oxygen atoms in total. The van der Waals surface area contributed by atoms with Gasteiger partial charge in [0, 0.05) is 11.8 Å². The number of carbonyl (C=O) groups is 1. The van der Waals surface area contributed by atoms with Crippen LogP contribution in [0.15, 0.2) is 76.8 Å². The lowest BCUT2D eigenvalue weighted by Gasteiger charge is -2.08. The molecule has 1 N–H and O–H groups in total. The van der Waals surface area contributed by atoms with Crippen molar-refractivity contribution in [3.8, 4) is 11.5 Å². The summed E-state index contributed by atoms with van der Waals surface area (Å²) in [6.45, 7) is 2.76. The molecular formula is C23H23N3O4. The van der Waals surface area contributed by atoms with Gasteiger partial charge in [-0.05, 0) is 48.9 Å². The summed E-state index contributed by atoms with van der Waals surface area (Å²) in [5.74, 6) is 0.830. The van der Waals surface area contributed by atoms with E-state index in [1.54, 1.807) is 19.4 Å². The average molecular weight is 405 g/mol. The third kappa shape index (κ3) is 5.14. The third-order valence-electron chi connectivity index (χ3n) is 4.37. The van der Waals surface area contributed by atoms with E-state index >= 15 is 0 Å². The Hall–Kier alpha value is -3.87. The van der Waals surface area contributed by atoms with E-state index in [2.05, 4.69) is 10.5 Å². The summed E-state index contributed by atoms with van der Waals surface area (Å²) in [5.41, 5.74) is 3.68. The van der Waals surface area contributed by atoms with Gasteiger partial charge in [0.05, 0.1) is 26.5 Å². The molecule has 0 aliphatic carbocycles. The van der Waals surface area contributed by atoms with Crippen LogP contribution in [0.2, 0.25) is 0 Å². The normalized spacial score (nSPS) is 10.7. The summed E-state index contributed by atoms with van der Waals surface area (Å²) in [4.78, 5) is 25.2. The van der Waals surface area contributed by atoms with Crippen LogP contribution >= 0.6 is 0 Å². The minimum atomic E-state index is -0.575. The van der Waals surface area contributed by atoms with E-state index in [1.165, 1.54) is 16.8 Å². The zero-order chi connectivity index (χ0) is 21.3. The van der Waals surface area contributed by atoms with Gasteiger partial charge in [0.1, 0.15) is 17.1 Å². The Morgan fingerprint density at radius 1 is 1.10 bits per heavy atom. The van der Waals surface area contributed by atoms with Crippen molar-refractivity contribution in [2.45, 2.75) is 13.5 Å². The van der Waals surface area contributed by atoms with E-state index in [1.807, 2.05) is 55.5 Å². The minimum absolute atomic E-state index is 0.0151. The van der Waals surface area contributed by atoms with Crippen LogP contribution in [0.5, 0.6) is 11.5 Å². The highest BCUT2D eigenvalue weighted by Gasteiger charge is 2.12. The second-order valence-electron chi connectivity index (χ2n) is 6.37. The monoisotopic (exact) mass is 405 g/mol. The van der Waals surface area contributed by atoms with Crippen molar-refractivity contribution in [1.29, 1.82) is 0 Å². The summed E-state index contributed by atoms with van der Waals surface area (Å²) >= 11 is 0. The van der Waals surface area contributed by atoms with Gasteiger partial charge in [0.2, 0.25) is 0 Å². The molecule has 2 aromatic carbocycles. The lowest BCUT2D eigenvalue weighted by Crippen LogP contribution is -2.30. The number of methoxy groups -OCH3 is 1. The predicted molar refractivity (Wildman–Crippen MR) is 115 cm³/mol. The lowest BCUT2D eigenvalue weighted by molar-refractivity contribution is 0.0953. The zero-order valence-electron chi connectivity index (χ0n) is 16.9. The van der Waals surface area contributed by atoms with E-state index in [0.717, 1.165) is 16.9 Å². The molecule has 7 heteroatoms. The van der Waals surface area contributed by atoms with Crippen LogP contribution in [-0.2, 0) is 6.54 Å². The summed E-state index contributed by atoms with van der Waals surface area (Å²) < 4.78 is 12.1. The molecule has 3 rings (SSSR count). The molecule has 0 saturated heterocycles. The first kappa shape index (κ1) is 20.9. The van der Waals surface area contributed by atoms with E-state index in [-0.39, 0.29) is 5.56 Å². The molecule has 0 atom stereocenters. The first-order valence-corrected chi connectivity index (χ1v) is 9.50. The number of amides is 1. The van der Waals surface area contributed by atoms with Crippen LogP contribution in [0.25, 0.3) is 0 Å². The first-order chi connectivity index (χ1) is 14.6. The van der Waals surface area contributed by atoms with E-state index in [0.29, 0.717) is 18.9 Å². The smallest absolute Gasteiger partial charge is 0.276 e. The Morgan fingerprint density at radius 2 is 1.87 bits per heavy atom. The fourth-order valence-electron chi connectivity index (χ4n) is 2.86. The van der Waals surface area contributed by atoms with Crippen LogP contribution < -0.4 is 20.5 Å². The molecule has 0 bridgehead atoms. The fraction of sp³-hybridized carbons (Fsp3) is 0.174. The zero-order valence-corrected chi connectivity index (χ0v) is 16.9. The Labute approximate surface area is 174 Å². The number of hydrogen-bond acceptors (Lipinski definition) is 5. The molecule has 1 aromatic heterocycles. The molecule has 0 spiro atoms. The molecule has 0 unspecified atom stereocenters. The van der Waals surface area contributed by atoms with Gasteiger partial charge in [-0.25, -0.2) is 5.43 Å². The Bertz CT molecular complexity index is 1090. The van der Waals surface area contributed by atoms with E-state index in [4.69, 9.17) is 9.47 Å². The van der Waals surface area contributed by atoms with Gasteiger partial charge in [-0.1, -0.05) is 24.3 Å². The van der Waals surface area contributed by atoms with Crippen LogP contribution in [-0.4, -0.2) is 30.4 Å². The lowest BCUT2D eigenvalue weighted by atomic mass is 10.2. The molecule has 0 radical (unpaired) electrons. The Kier molecular flexibility index (Phi) is 7.00. The second-order valence-corrected chi connectivity index (χ2v) is 6.37. The van der Waals surface area contributed by atoms with Crippen molar-refractivity contribution < 1.29 is 14.3 Å². The number of para-hydroxylation sites is 1. The van der Waals surface area contributed by atoms with Gasteiger partial charge in [0.15, 0.2) is 0 Å². The van der Waals surface area contributed by atoms with Gasteiger partial charge in [-0.2, -0.15) is 5.10 Å². The summed E-state index contributed by atoms with van der Waals surface area (Å²) in [6, 6.07) is 17.9. The van der Waals surface area contributed by atoms with Crippen LogP contribution in [0.4, 0.5) is 0 Å². The maximum Gasteiger partial charge on any atom is 0.276 e. The van der Waals surface area contributed by atoms with Crippen molar-refractivity contribution in [1.82, 2.24) is 9.99 Å². The first-order valence-electron chi connectivity index (χ1n) is 9.50. The number of pyridine rings is 1. The van der Waals surface area contributed by atoms with Gasteiger partial charge < -0.3 is 14.0 Å². The molecule has 0 saturated carbocycles. The molecule has 1 amide bonds. The number of hydrazone groups is 1. The summed E-state index contributed by atoms with van der Waals surface area (Å²) in [5, 5.41) is 3.97. The molecule has 0 aliphatic rings. The number of ether oxygens (including phenoxy) is 2. The summed E-state index contributed by atoms with van der Waals surface area (Å²) in [6.07, 6.45) is 3.13. The van der Waals surface area contributed by atoms with Crippen LogP contribution in [0.3, 0.4) is 0 Å². The highest BCUT2D eigenvalue weighted by Crippen LogP contribution is 2.15. The van der Waals surface area contributed by atoms with Gasteiger partial charge >= 0.3 is 0 Å². The quantitative estimate of drug-likeness (QED) is 0.461. The maximum atomic E-state index is 12.7. The molecular weight excluding hydrogens is 382 g/mol. The average Bonchev–Trinajstić information content (AvgIpc) is 2.77. The van der Waals surface area contributed by atoms with Gasteiger partial charge in [0.25, 0.3) is 11.5 Å². The van der Waals surface area contributed by atoms with E-state index < -0.39 is 11.5 Å². The molecule has 0 aliphatic heterocycles. The number of aromatic nitrogens is 1. The number of nitrogens with one attached hydrogen (secondary N) is 1. The highest BCUT2D eigenvalue weighted by molar-refractivity contribution is 5.94. The topological polar surface area (TPSA) is 81.9 Å². The summed E-state index contributed by atoms with van der Waals surface area (Å²) in [7, 11) is 1.60. The molecule has 154 valence electrons. The van der Waals surface area contributed by atoms with Crippen molar-refractivity contribution >= 4 is 12.1 Å². The number of benzene rings is 2. The molecule has 30 heavy (non-hydrogen) atoms. The number of rotatable bonds is 8. The number of hydrogen-bond donors (Lipinski definition) is 1. The van der Waals surface area contributed by atoms with Crippen molar-refractivity contribution in [2.24, 2.45) is 5.10 Å². The maximum absolute atomic E-state index is 12.7. The highest BCUT2D eigenvalue weighted by atomic mass is 16.5. The SMILES string of the molecule is CCOc1ccccc1/C=N\NC(=O)c1cccn(Cc2ccc(OC)cc2)c1=O. The van der Waals surface area contributed by atoms with Crippen molar-refractivity contribution in [2.75, 3.05) is 13.7 Å². The number of nitrogens with zero attached hydrogens (tertiary/aromatic N) is 2. The molecule has 3 aromatic rings. The van der Waals surface area contributed by atoms with Crippen molar-refractivity contribution in [3.63, 3.8) is 0 Å². The predicted octanol–water partition coefficient (Wildman–Crippen LogP) is 3.07.